The van der Waals surface area contributed by atoms with Crippen LogP contribution in [0.3, 0.4) is 0 Å². The lowest BCUT2D eigenvalue weighted by atomic mass is 9.96. The normalized spacial score (nSPS) is 11.4. The molecule has 4 aromatic carbocycles. The number of nitro benzene ring substituents is 1. The molecule has 11 heteroatoms. The highest BCUT2D eigenvalue weighted by Gasteiger charge is 2.22. The van der Waals surface area contributed by atoms with Crippen LogP contribution in [0.1, 0.15) is 48.9 Å². The number of hydrogen-bond donors (Lipinski definition) is 0. The fraction of sp³-hybridized carbons (Fsp3) is 0.206. The van der Waals surface area contributed by atoms with Crippen LogP contribution in [0.15, 0.2) is 87.2 Å². The Bertz CT molecular complexity index is 2010. The SMILES string of the molecule is CCOc1cc(C)c(-c2nc3ccccc3c(=O)n2N=Cc2cc(Br)cc([N+](=O)[O-])c2OCc2ccccc2Cl)cc1C(C)C. The van der Waals surface area contributed by atoms with Gasteiger partial charge in [-0.15, -0.1) is 0 Å². The molecule has 0 aliphatic carbocycles. The van der Waals surface area contributed by atoms with Crippen molar-refractivity contribution in [3.05, 3.63) is 125 Å². The second-order valence-electron chi connectivity index (χ2n) is 10.6. The quantitative estimate of drug-likeness (QED) is 0.0825. The number of benzene rings is 4. The van der Waals surface area contributed by atoms with Gasteiger partial charge in [-0.3, -0.25) is 14.9 Å². The van der Waals surface area contributed by atoms with E-state index in [2.05, 4.69) is 34.9 Å². The second kappa shape index (κ2) is 13.6. The first kappa shape index (κ1) is 31.9. The van der Waals surface area contributed by atoms with Gasteiger partial charge >= 0.3 is 5.69 Å². The molecule has 0 aliphatic rings. The predicted molar refractivity (Wildman–Crippen MR) is 181 cm³/mol. The number of aryl methyl sites for hydroxylation is 1. The number of aromatic nitrogens is 2. The van der Waals surface area contributed by atoms with Crippen molar-refractivity contribution in [3.8, 4) is 22.9 Å². The molecule has 1 aromatic heterocycles. The number of para-hydroxylation sites is 1. The minimum absolute atomic E-state index is 0.0188. The maximum atomic E-state index is 13.9. The molecule has 0 radical (unpaired) electrons. The van der Waals surface area contributed by atoms with E-state index in [4.69, 9.17) is 26.1 Å². The van der Waals surface area contributed by atoms with Gasteiger partial charge in [0, 0.05) is 32.3 Å². The molecular formula is C34H30BrClN4O5. The summed E-state index contributed by atoms with van der Waals surface area (Å²) in [4.78, 5) is 30.4. The van der Waals surface area contributed by atoms with E-state index in [1.807, 2.05) is 32.0 Å². The van der Waals surface area contributed by atoms with Crippen LogP contribution < -0.4 is 15.0 Å². The molecule has 0 amide bonds. The van der Waals surface area contributed by atoms with E-state index < -0.39 is 10.5 Å². The molecule has 0 bridgehead atoms. The highest BCUT2D eigenvalue weighted by Crippen LogP contribution is 2.36. The van der Waals surface area contributed by atoms with Gasteiger partial charge in [0.05, 0.1) is 28.6 Å². The van der Waals surface area contributed by atoms with E-state index in [0.29, 0.717) is 44.0 Å². The molecule has 1 heterocycles. The highest BCUT2D eigenvalue weighted by molar-refractivity contribution is 9.10. The van der Waals surface area contributed by atoms with E-state index in [9.17, 15) is 14.9 Å². The molecule has 230 valence electrons. The third-order valence-electron chi connectivity index (χ3n) is 7.18. The second-order valence-corrected chi connectivity index (χ2v) is 11.9. The van der Waals surface area contributed by atoms with Gasteiger partial charge in [0.2, 0.25) is 5.75 Å². The fourth-order valence-electron chi connectivity index (χ4n) is 4.95. The standard InChI is InChI=1S/C34H30BrClN4O5/c1-5-44-31-14-21(4)27(17-26(31)20(2)3)33-38-29-13-9-7-11-25(29)34(41)39(33)37-18-23-15-24(35)16-30(40(42)43)32(23)45-19-22-10-6-8-12-28(22)36/h6-18,20H,5,19H2,1-4H3. The number of nitrogens with zero attached hydrogens (tertiary/aromatic N) is 4. The van der Waals surface area contributed by atoms with Crippen LogP contribution in [0.4, 0.5) is 5.69 Å². The van der Waals surface area contributed by atoms with E-state index >= 15 is 0 Å². The Balaban J connectivity index is 1.70. The van der Waals surface area contributed by atoms with Gasteiger partial charge in [-0.05, 0) is 67.3 Å². The Kier molecular flexibility index (Phi) is 9.65. The van der Waals surface area contributed by atoms with Crippen LogP contribution in [0, 0.1) is 17.0 Å². The molecule has 0 saturated heterocycles. The maximum absolute atomic E-state index is 13.9. The zero-order valence-electron chi connectivity index (χ0n) is 25.1. The molecule has 9 nitrogen and oxygen atoms in total. The Morgan fingerprint density at radius 1 is 1.09 bits per heavy atom. The summed E-state index contributed by atoms with van der Waals surface area (Å²) in [6, 6.07) is 21.0. The van der Waals surface area contributed by atoms with Crippen LogP contribution >= 0.6 is 27.5 Å². The Labute approximate surface area is 273 Å². The number of fused-ring (bicyclic) bond motifs is 1. The average molecular weight is 690 g/mol. The lowest BCUT2D eigenvalue weighted by Gasteiger charge is -2.18. The van der Waals surface area contributed by atoms with Crippen LogP contribution in [0.5, 0.6) is 11.5 Å². The minimum atomic E-state index is -0.532. The first-order valence-corrected chi connectivity index (χ1v) is 15.4. The van der Waals surface area contributed by atoms with Gasteiger partial charge in [0.1, 0.15) is 12.4 Å². The number of ether oxygens (including phenoxy) is 2. The average Bonchev–Trinajstić information content (AvgIpc) is 3.00. The third-order valence-corrected chi connectivity index (χ3v) is 8.00. The Morgan fingerprint density at radius 2 is 1.82 bits per heavy atom. The lowest BCUT2D eigenvalue weighted by molar-refractivity contribution is -0.386. The van der Waals surface area contributed by atoms with Crippen molar-refractivity contribution >= 4 is 50.3 Å². The molecule has 0 spiro atoms. The molecule has 5 rings (SSSR count). The number of rotatable bonds is 10. The number of hydrogen-bond acceptors (Lipinski definition) is 7. The summed E-state index contributed by atoms with van der Waals surface area (Å²) in [5.74, 6) is 1.21. The van der Waals surface area contributed by atoms with Gasteiger partial charge in [0.15, 0.2) is 5.82 Å². The molecule has 0 N–H and O–H groups in total. The molecule has 0 unspecified atom stereocenters. The Morgan fingerprint density at radius 3 is 2.53 bits per heavy atom. The summed E-state index contributed by atoms with van der Waals surface area (Å²) in [7, 11) is 0. The number of nitro groups is 1. The zero-order chi connectivity index (χ0) is 32.2. The molecule has 5 aromatic rings. The molecule has 0 aliphatic heterocycles. The monoisotopic (exact) mass is 688 g/mol. The molecule has 0 fully saturated rings. The Hall–Kier alpha value is -4.54. The minimum Gasteiger partial charge on any atom is -0.494 e. The maximum Gasteiger partial charge on any atom is 0.312 e. The van der Waals surface area contributed by atoms with E-state index in [1.54, 1.807) is 48.5 Å². The summed E-state index contributed by atoms with van der Waals surface area (Å²) in [5, 5.41) is 17.5. The van der Waals surface area contributed by atoms with Crippen molar-refractivity contribution in [2.45, 2.75) is 40.2 Å². The lowest BCUT2D eigenvalue weighted by Crippen LogP contribution is -2.21. The number of halogens is 2. The van der Waals surface area contributed by atoms with E-state index in [1.165, 1.54) is 17.0 Å². The van der Waals surface area contributed by atoms with Gasteiger partial charge in [0.25, 0.3) is 5.56 Å². The van der Waals surface area contributed by atoms with Crippen molar-refractivity contribution in [1.29, 1.82) is 0 Å². The molecule has 45 heavy (non-hydrogen) atoms. The summed E-state index contributed by atoms with van der Waals surface area (Å²) < 4.78 is 13.6. The van der Waals surface area contributed by atoms with Crippen molar-refractivity contribution in [2.24, 2.45) is 5.10 Å². The van der Waals surface area contributed by atoms with Crippen LogP contribution in [0.25, 0.3) is 22.3 Å². The topological polar surface area (TPSA) is 109 Å². The molecular weight excluding hydrogens is 660 g/mol. The predicted octanol–water partition coefficient (Wildman–Crippen LogP) is 8.68. The molecule has 0 saturated carbocycles. The van der Waals surface area contributed by atoms with Crippen molar-refractivity contribution in [2.75, 3.05) is 6.61 Å². The summed E-state index contributed by atoms with van der Waals surface area (Å²) in [5.41, 5.74) is 3.30. The highest BCUT2D eigenvalue weighted by atomic mass is 79.9. The van der Waals surface area contributed by atoms with Gasteiger partial charge in [-0.25, -0.2) is 4.98 Å². The van der Waals surface area contributed by atoms with Crippen molar-refractivity contribution in [1.82, 2.24) is 9.66 Å². The van der Waals surface area contributed by atoms with Gasteiger partial charge in [-0.1, -0.05) is 71.7 Å². The summed E-state index contributed by atoms with van der Waals surface area (Å²) in [6.45, 7) is 8.50. The van der Waals surface area contributed by atoms with Crippen LogP contribution in [-0.2, 0) is 6.61 Å². The van der Waals surface area contributed by atoms with E-state index in [-0.39, 0.29) is 29.5 Å². The van der Waals surface area contributed by atoms with Crippen LogP contribution in [0.2, 0.25) is 5.02 Å². The first-order valence-electron chi connectivity index (χ1n) is 14.3. The van der Waals surface area contributed by atoms with Crippen molar-refractivity contribution < 1.29 is 14.4 Å². The zero-order valence-corrected chi connectivity index (χ0v) is 27.4. The summed E-state index contributed by atoms with van der Waals surface area (Å²) >= 11 is 9.67. The third kappa shape index (κ3) is 6.77. The fourth-order valence-corrected chi connectivity index (χ4v) is 5.60. The van der Waals surface area contributed by atoms with Gasteiger partial charge in [-0.2, -0.15) is 9.78 Å². The van der Waals surface area contributed by atoms with Crippen LogP contribution in [-0.4, -0.2) is 27.4 Å². The van der Waals surface area contributed by atoms with Gasteiger partial charge < -0.3 is 9.47 Å². The van der Waals surface area contributed by atoms with E-state index in [0.717, 1.165) is 16.9 Å². The largest absolute Gasteiger partial charge is 0.494 e. The van der Waals surface area contributed by atoms with Crippen molar-refractivity contribution in [3.63, 3.8) is 0 Å². The molecule has 0 atom stereocenters. The first-order chi connectivity index (χ1) is 21.6. The smallest absolute Gasteiger partial charge is 0.312 e. The summed E-state index contributed by atoms with van der Waals surface area (Å²) in [6.07, 6.45) is 1.37.